The standard InChI is InChI=1S/C19H18BrN3O3S/c1-12-6-13(2)8-16(7-12)25-10-18-22-23-19(26-18)27-11-17(24)21-15-5-3-4-14(20)9-15/h3-9H,10-11H2,1-2H3,(H,21,24). The van der Waals surface area contributed by atoms with E-state index >= 15 is 0 Å². The van der Waals surface area contributed by atoms with Gasteiger partial charge in [-0.1, -0.05) is 39.8 Å². The van der Waals surface area contributed by atoms with E-state index in [1.54, 1.807) is 0 Å². The molecule has 0 aliphatic carbocycles. The third-order valence-corrected chi connectivity index (χ3v) is 4.75. The molecule has 1 N–H and O–H groups in total. The molecule has 0 spiro atoms. The Kier molecular flexibility index (Phi) is 6.52. The Labute approximate surface area is 169 Å². The number of thioether (sulfide) groups is 1. The Morgan fingerprint density at radius 1 is 1.19 bits per heavy atom. The SMILES string of the molecule is Cc1cc(C)cc(OCc2nnc(SCC(=O)Nc3cccc(Br)c3)o2)c1. The Morgan fingerprint density at radius 3 is 2.70 bits per heavy atom. The third-order valence-electron chi connectivity index (χ3n) is 3.44. The highest BCUT2D eigenvalue weighted by atomic mass is 79.9. The zero-order valence-corrected chi connectivity index (χ0v) is 17.3. The second-order valence-corrected chi connectivity index (χ2v) is 7.76. The molecule has 0 aliphatic heterocycles. The summed E-state index contributed by atoms with van der Waals surface area (Å²) in [5, 5.41) is 11.0. The van der Waals surface area contributed by atoms with Gasteiger partial charge in [0.25, 0.3) is 11.1 Å². The van der Waals surface area contributed by atoms with Crippen molar-refractivity contribution in [3.63, 3.8) is 0 Å². The van der Waals surface area contributed by atoms with Crippen molar-refractivity contribution in [1.82, 2.24) is 10.2 Å². The van der Waals surface area contributed by atoms with Gasteiger partial charge in [0.1, 0.15) is 5.75 Å². The van der Waals surface area contributed by atoms with Gasteiger partial charge in [-0.25, -0.2) is 0 Å². The van der Waals surface area contributed by atoms with Crippen LogP contribution in [0.2, 0.25) is 0 Å². The van der Waals surface area contributed by atoms with Gasteiger partial charge in [-0.3, -0.25) is 4.79 Å². The number of nitrogens with one attached hydrogen (secondary N) is 1. The highest BCUT2D eigenvalue weighted by Crippen LogP contribution is 2.20. The second-order valence-electron chi connectivity index (χ2n) is 5.92. The summed E-state index contributed by atoms with van der Waals surface area (Å²) in [5.74, 6) is 1.15. The fraction of sp³-hybridized carbons (Fsp3) is 0.211. The van der Waals surface area contributed by atoms with Crippen molar-refractivity contribution in [3.05, 3.63) is 64.0 Å². The first-order valence-corrected chi connectivity index (χ1v) is 9.97. The molecule has 0 bridgehead atoms. The maximum atomic E-state index is 12.0. The highest BCUT2D eigenvalue weighted by Gasteiger charge is 2.11. The molecule has 0 saturated heterocycles. The number of anilines is 1. The number of carbonyl (C=O) groups is 1. The van der Waals surface area contributed by atoms with Crippen LogP contribution in [0.5, 0.6) is 5.75 Å². The number of ether oxygens (including phenoxy) is 1. The highest BCUT2D eigenvalue weighted by molar-refractivity contribution is 9.10. The van der Waals surface area contributed by atoms with Crippen LogP contribution >= 0.6 is 27.7 Å². The summed E-state index contributed by atoms with van der Waals surface area (Å²) in [6.45, 7) is 4.21. The molecular formula is C19H18BrN3O3S. The van der Waals surface area contributed by atoms with Crippen LogP contribution in [0.15, 0.2) is 56.6 Å². The topological polar surface area (TPSA) is 77.2 Å². The summed E-state index contributed by atoms with van der Waals surface area (Å²) in [5.41, 5.74) is 2.98. The number of aryl methyl sites for hydroxylation is 2. The summed E-state index contributed by atoms with van der Waals surface area (Å²) < 4.78 is 12.1. The first kappa shape index (κ1) is 19.4. The smallest absolute Gasteiger partial charge is 0.277 e. The number of rotatable bonds is 7. The second kappa shape index (κ2) is 9.05. The van der Waals surface area contributed by atoms with E-state index in [1.807, 2.05) is 50.2 Å². The van der Waals surface area contributed by atoms with Crippen molar-refractivity contribution in [2.75, 3.05) is 11.1 Å². The molecule has 0 saturated carbocycles. The maximum absolute atomic E-state index is 12.0. The number of hydrogen-bond donors (Lipinski definition) is 1. The predicted molar refractivity (Wildman–Crippen MR) is 108 cm³/mol. The lowest BCUT2D eigenvalue weighted by Gasteiger charge is -2.05. The molecule has 1 heterocycles. The molecule has 8 heteroatoms. The molecule has 0 unspecified atom stereocenters. The Morgan fingerprint density at radius 2 is 1.96 bits per heavy atom. The summed E-state index contributed by atoms with van der Waals surface area (Å²) in [4.78, 5) is 12.0. The van der Waals surface area contributed by atoms with Crippen LogP contribution < -0.4 is 10.1 Å². The maximum Gasteiger partial charge on any atom is 0.277 e. The normalized spacial score (nSPS) is 10.6. The van der Waals surface area contributed by atoms with Crippen LogP contribution in [0.1, 0.15) is 17.0 Å². The van der Waals surface area contributed by atoms with Gasteiger partial charge < -0.3 is 14.5 Å². The van der Waals surface area contributed by atoms with E-state index in [9.17, 15) is 4.79 Å². The van der Waals surface area contributed by atoms with Gasteiger partial charge in [0.2, 0.25) is 5.91 Å². The van der Waals surface area contributed by atoms with Crippen molar-refractivity contribution >= 4 is 39.3 Å². The lowest BCUT2D eigenvalue weighted by atomic mass is 10.1. The summed E-state index contributed by atoms with van der Waals surface area (Å²) in [6, 6.07) is 13.4. The van der Waals surface area contributed by atoms with Crippen LogP contribution in [0.4, 0.5) is 5.69 Å². The number of hydrogen-bond acceptors (Lipinski definition) is 6. The zero-order chi connectivity index (χ0) is 19.2. The average Bonchev–Trinajstić information content (AvgIpc) is 3.05. The van der Waals surface area contributed by atoms with Gasteiger partial charge in [0.05, 0.1) is 5.75 Å². The van der Waals surface area contributed by atoms with E-state index in [-0.39, 0.29) is 18.3 Å². The number of aromatic nitrogens is 2. The molecule has 1 amide bonds. The van der Waals surface area contributed by atoms with Gasteiger partial charge >= 0.3 is 0 Å². The van der Waals surface area contributed by atoms with Crippen LogP contribution in [-0.4, -0.2) is 21.9 Å². The molecule has 0 atom stereocenters. The summed E-state index contributed by atoms with van der Waals surface area (Å²) in [7, 11) is 0. The molecule has 3 rings (SSSR count). The van der Waals surface area contributed by atoms with Crippen LogP contribution in [0.25, 0.3) is 0 Å². The monoisotopic (exact) mass is 447 g/mol. The predicted octanol–water partition coefficient (Wildman–Crippen LogP) is 4.76. The van der Waals surface area contributed by atoms with Gasteiger partial charge in [0.15, 0.2) is 6.61 Å². The first-order valence-electron chi connectivity index (χ1n) is 8.19. The van der Waals surface area contributed by atoms with E-state index in [0.717, 1.165) is 27.0 Å². The Bertz CT molecular complexity index is 925. The van der Waals surface area contributed by atoms with Crippen molar-refractivity contribution in [2.45, 2.75) is 25.7 Å². The van der Waals surface area contributed by atoms with Crippen LogP contribution in [0.3, 0.4) is 0 Å². The van der Waals surface area contributed by atoms with Crippen molar-refractivity contribution < 1.29 is 13.9 Å². The zero-order valence-electron chi connectivity index (χ0n) is 14.9. The molecule has 6 nitrogen and oxygen atoms in total. The Balaban J connectivity index is 1.48. The average molecular weight is 448 g/mol. The first-order chi connectivity index (χ1) is 13.0. The number of nitrogens with zero attached hydrogens (tertiary/aromatic N) is 2. The van der Waals surface area contributed by atoms with E-state index in [4.69, 9.17) is 9.15 Å². The minimum Gasteiger partial charge on any atom is -0.484 e. The largest absolute Gasteiger partial charge is 0.484 e. The Hall–Kier alpha value is -2.32. The van der Waals surface area contributed by atoms with Gasteiger partial charge in [-0.05, 0) is 55.3 Å². The van der Waals surface area contributed by atoms with Crippen LogP contribution in [0, 0.1) is 13.8 Å². The van der Waals surface area contributed by atoms with E-state index in [0.29, 0.717) is 11.1 Å². The quantitative estimate of drug-likeness (QED) is 0.526. The molecule has 140 valence electrons. The van der Waals surface area contributed by atoms with Crippen LogP contribution in [-0.2, 0) is 11.4 Å². The van der Waals surface area contributed by atoms with Crippen molar-refractivity contribution in [3.8, 4) is 5.75 Å². The number of benzene rings is 2. The van der Waals surface area contributed by atoms with Gasteiger partial charge in [0, 0.05) is 10.2 Å². The molecule has 2 aromatic carbocycles. The molecular weight excluding hydrogens is 430 g/mol. The summed E-state index contributed by atoms with van der Waals surface area (Å²) >= 11 is 4.55. The van der Waals surface area contributed by atoms with Gasteiger partial charge in [-0.15, -0.1) is 10.2 Å². The van der Waals surface area contributed by atoms with Crippen molar-refractivity contribution in [1.29, 1.82) is 0 Å². The van der Waals surface area contributed by atoms with E-state index in [2.05, 4.69) is 37.5 Å². The van der Waals surface area contributed by atoms with Gasteiger partial charge in [-0.2, -0.15) is 0 Å². The summed E-state index contributed by atoms with van der Waals surface area (Å²) in [6.07, 6.45) is 0. The minimum absolute atomic E-state index is 0.149. The lowest BCUT2D eigenvalue weighted by molar-refractivity contribution is -0.113. The molecule has 3 aromatic rings. The number of halogens is 1. The number of amides is 1. The third kappa shape index (κ3) is 6.11. The molecule has 0 fully saturated rings. The number of carbonyl (C=O) groups excluding carboxylic acids is 1. The van der Waals surface area contributed by atoms with Crippen molar-refractivity contribution in [2.24, 2.45) is 0 Å². The van der Waals surface area contributed by atoms with E-state index in [1.165, 1.54) is 11.8 Å². The fourth-order valence-corrected chi connectivity index (χ4v) is 3.39. The van der Waals surface area contributed by atoms with E-state index < -0.39 is 0 Å². The molecule has 0 radical (unpaired) electrons. The molecule has 27 heavy (non-hydrogen) atoms. The molecule has 1 aromatic heterocycles. The lowest BCUT2D eigenvalue weighted by Crippen LogP contribution is -2.13. The fourth-order valence-electron chi connectivity index (χ4n) is 2.41. The molecule has 0 aliphatic rings. The minimum atomic E-state index is -0.149.